The summed E-state index contributed by atoms with van der Waals surface area (Å²) in [5.74, 6) is 0. The van der Waals surface area contributed by atoms with E-state index in [2.05, 4.69) is 4.84 Å². The maximum absolute atomic E-state index is 9.74. The van der Waals surface area contributed by atoms with Crippen LogP contribution in [0.5, 0.6) is 0 Å². The first-order valence-electron chi connectivity index (χ1n) is 4.33. The van der Waals surface area contributed by atoms with E-state index in [9.17, 15) is 10.1 Å². The molecule has 0 aliphatic carbocycles. The Labute approximate surface area is 78.1 Å². The summed E-state index contributed by atoms with van der Waals surface area (Å²) >= 11 is 0. The third-order valence-corrected chi connectivity index (χ3v) is 1.27. The molecule has 5 heteroatoms. The summed E-state index contributed by atoms with van der Waals surface area (Å²) in [6.45, 7) is 6.69. The second-order valence-corrected chi connectivity index (χ2v) is 3.72. The van der Waals surface area contributed by atoms with Crippen LogP contribution in [0.3, 0.4) is 0 Å². The standard InChI is InChI=1S/C8H17NO4/c1-8(2,3)12-6-4-5-7-13-9(10)11/h4-7H2,1-3H3. The van der Waals surface area contributed by atoms with Crippen molar-refractivity contribution in [1.82, 2.24) is 0 Å². The van der Waals surface area contributed by atoms with Gasteiger partial charge in [0, 0.05) is 6.61 Å². The Kier molecular flexibility index (Phi) is 5.37. The molecule has 0 N–H and O–H groups in total. The number of rotatable bonds is 6. The molecule has 0 aromatic carbocycles. The number of nitrogens with zero attached hydrogens (tertiary/aromatic N) is 1. The van der Waals surface area contributed by atoms with Gasteiger partial charge in [0.25, 0.3) is 5.09 Å². The first-order valence-corrected chi connectivity index (χ1v) is 4.33. The Balaban J connectivity index is 3.13. The molecule has 0 aromatic rings. The van der Waals surface area contributed by atoms with E-state index in [-0.39, 0.29) is 12.2 Å². The van der Waals surface area contributed by atoms with Crippen LogP contribution in [0, 0.1) is 10.1 Å². The number of ether oxygens (including phenoxy) is 1. The summed E-state index contributed by atoms with van der Waals surface area (Å²) < 4.78 is 5.41. The molecule has 0 heterocycles. The van der Waals surface area contributed by atoms with Crippen LogP contribution < -0.4 is 0 Å². The summed E-state index contributed by atoms with van der Waals surface area (Å²) in [4.78, 5) is 13.9. The van der Waals surface area contributed by atoms with Crippen molar-refractivity contribution in [2.75, 3.05) is 13.2 Å². The van der Waals surface area contributed by atoms with Crippen LogP contribution in [0.2, 0.25) is 0 Å². The number of hydrogen-bond donors (Lipinski definition) is 0. The average molecular weight is 191 g/mol. The van der Waals surface area contributed by atoms with Crippen molar-refractivity contribution >= 4 is 0 Å². The van der Waals surface area contributed by atoms with Gasteiger partial charge in [0.05, 0.1) is 12.2 Å². The molecule has 0 aromatic heterocycles. The molecule has 78 valence electrons. The van der Waals surface area contributed by atoms with Gasteiger partial charge in [-0.1, -0.05) is 0 Å². The lowest BCUT2D eigenvalue weighted by atomic mass is 10.2. The summed E-state index contributed by atoms with van der Waals surface area (Å²) in [5, 5.41) is 8.97. The van der Waals surface area contributed by atoms with E-state index in [1.807, 2.05) is 20.8 Å². The van der Waals surface area contributed by atoms with Crippen LogP contribution in [0.1, 0.15) is 33.6 Å². The highest BCUT2D eigenvalue weighted by atomic mass is 16.9. The van der Waals surface area contributed by atoms with Gasteiger partial charge in [0.2, 0.25) is 0 Å². The number of unbranched alkanes of at least 4 members (excludes halogenated alkanes) is 1. The SMILES string of the molecule is CC(C)(C)OCCCCO[N+](=O)[O-]. The van der Waals surface area contributed by atoms with Crippen LogP contribution in [0.25, 0.3) is 0 Å². The molecule has 0 radical (unpaired) electrons. The highest BCUT2D eigenvalue weighted by molar-refractivity contribution is 4.58. The summed E-state index contributed by atoms with van der Waals surface area (Å²) in [7, 11) is 0. The largest absolute Gasteiger partial charge is 0.376 e. The molecule has 0 saturated carbocycles. The van der Waals surface area contributed by atoms with Crippen LogP contribution in [0.4, 0.5) is 0 Å². The molecule has 0 atom stereocenters. The van der Waals surface area contributed by atoms with Gasteiger partial charge in [-0.3, -0.25) is 0 Å². The average Bonchev–Trinajstić information content (AvgIpc) is 1.93. The molecule has 13 heavy (non-hydrogen) atoms. The van der Waals surface area contributed by atoms with Crippen molar-refractivity contribution in [3.05, 3.63) is 10.1 Å². The van der Waals surface area contributed by atoms with Crippen LogP contribution in [-0.2, 0) is 9.57 Å². The minimum Gasteiger partial charge on any atom is -0.376 e. The van der Waals surface area contributed by atoms with Gasteiger partial charge in [0.15, 0.2) is 0 Å². The monoisotopic (exact) mass is 191 g/mol. The molecular weight excluding hydrogens is 174 g/mol. The predicted molar refractivity (Wildman–Crippen MR) is 47.9 cm³/mol. The van der Waals surface area contributed by atoms with Gasteiger partial charge in [-0.2, -0.15) is 0 Å². The van der Waals surface area contributed by atoms with E-state index in [1.165, 1.54) is 0 Å². The van der Waals surface area contributed by atoms with Gasteiger partial charge >= 0.3 is 0 Å². The minimum atomic E-state index is -0.773. The van der Waals surface area contributed by atoms with Crippen LogP contribution >= 0.6 is 0 Å². The van der Waals surface area contributed by atoms with E-state index in [1.54, 1.807) is 0 Å². The van der Waals surface area contributed by atoms with Gasteiger partial charge in [-0.05, 0) is 33.6 Å². The fourth-order valence-corrected chi connectivity index (χ4v) is 0.722. The van der Waals surface area contributed by atoms with E-state index in [0.717, 1.165) is 6.42 Å². The second kappa shape index (κ2) is 5.75. The van der Waals surface area contributed by atoms with Crippen molar-refractivity contribution in [2.24, 2.45) is 0 Å². The Morgan fingerprint density at radius 3 is 2.23 bits per heavy atom. The highest BCUT2D eigenvalue weighted by Crippen LogP contribution is 2.07. The Hall–Kier alpha value is -0.840. The molecule has 0 saturated heterocycles. The van der Waals surface area contributed by atoms with E-state index >= 15 is 0 Å². The quantitative estimate of drug-likeness (QED) is 0.365. The zero-order valence-corrected chi connectivity index (χ0v) is 8.41. The van der Waals surface area contributed by atoms with E-state index in [4.69, 9.17) is 4.74 Å². The van der Waals surface area contributed by atoms with Crippen molar-refractivity contribution in [3.63, 3.8) is 0 Å². The van der Waals surface area contributed by atoms with Gasteiger partial charge in [0.1, 0.15) is 0 Å². The molecular formula is C8H17NO4. The van der Waals surface area contributed by atoms with Gasteiger partial charge in [-0.15, -0.1) is 10.1 Å². The third kappa shape index (κ3) is 11.2. The van der Waals surface area contributed by atoms with Crippen molar-refractivity contribution < 1.29 is 14.7 Å². The normalized spacial score (nSPS) is 11.3. The first-order chi connectivity index (χ1) is 5.92. The van der Waals surface area contributed by atoms with Crippen molar-refractivity contribution in [3.8, 4) is 0 Å². The molecule has 0 amide bonds. The van der Waals surface area contributed by atoms with Gasteiger partial charge in [-0.25, -0.2) is 0 Å². The lowest BCUT2D eigenvalue weighted by Crippen LogP contribution is -2.19. The lowest BCUT2D eigenvalue weighted by Gasteiger charge is -2.19. The fraction of sp³-hybridized carbons (Fsp3) is 1.00. The zero-order chi connectivity index (χ0) is 10.3. The Bertz CT molecular complexity index is 153. The maximum atomic E-state index is 9.74. The molecule has 0 aliphatic rings. The van der Waals surface area contributed by atoms with Gasteiger partial charge < -0.3 is 9.57 Å². The summed E-state index contributed by atoms with van der Waals surface area (Å²) in [6, 6.07) is 0. The van der Waals surface area contributed by atoms with Crippen molar-refractivity contribution in [2.45, 2.75) is 39.2 Å². The highest BCUT2D eigenvalue weighted by Gasteiger charge is 2.08. The van der Waals surface area contributed by atoms with Crippen molar-refractivity contribution in [1.29, 1.82) is 0 Å². The maximum Gasteiger partial charge on any atom is 0.294 e. The minimum absolute atomic E-state index is 0.135. The fourth-order valence-electron chi connectivity index (χ4n) is 0.722. The Morgan fingerprint density at radius 1 is 1.23 bits per heavy atom. The lowest BCUT2D eigenvalue weighted by molar-refractivity contribution is -0.757. The zero-order valence-electron chi connectivity index (χ0n) is 8.41. The summed E-state index contributed by atoms with van der Waals surface area (Å²) in [5.41, 5.74) is -0.135. The molecule has 0 unspecified atom stereocenters. The molecule has 0 spiro atoms. The van der Waals surface area contributed by atoms with Crippen LogP contribution in [0.15, 0.2) is 0 Å². The Morgan fingerprint density at radius 2 is 1.77 bits per heavy atom. The first kappa shape index (κ1) is 12.2. The molecule has 5 nitrogen and oxygen atoms in total. The predicted octanol–water partition coefficient (Wildman–Crippen LogP) is 1.79. The van der Waals surface area contributed by atoms with Crippen LogP contribution in [-0.4, -0.2) is 23.9 Å². The summed E-state index contributed by atoms with van der Waals surface area (Å²) in [6.07, 6.45) is 1.43. The molecule has 0 rings (SSSR count). The second-order valence-electron chi connectivity index (χ2n) is 3.72. The molecule has 0 fully saturated rings. The smallest absolute Gasteiger partial charge is 0.294 e. The molecule has 0 aliphatic heterocycles. The van der Waals surface area contributed by atoms with E-state index in [0.29, 0.717) is 13.0 Å². The van der Waals surface area contributed by atoms with E-state index < -0.39 is 5.09 Å². The molecule has 0 bridgehead atoms. The topological polar surface area (TPSA) is 61.6 Å². The third-order valence-electron chi connectivity index (χ3n) is 1.27. The number of hydrogen-bond acceptors (Lipinski definition) is 4.